The molecule has 1 heterocycles. The van der Waals surface area contributed by atoms with Gasteiger partial charge in [-0.2, -0.15) is 22.8 Å². The molecule has 0 aliphatic carbocycles. The van der Waals surface area contributed by atoms with Crippen LogP contribution < -0.4 is 5.32 Å². The molecule has 20 heavy (non-hydrogen) atoms. The van der Waals surface area contributed by atoms with Gasteiger partial charge in [-0.25, -0.2) is 4.98 Å². The maximum Gasteiger partial charge on any atom is 0.417 e. The summed E-state index contributed by atoms with van der Waals surface area (Å²) in [4.78, 5) is 3.48. The van der Waals surface area contributed by atoms with E-state index in [2.05, 4.69) is 10.3 Å². The van der Waals surface area contributed by atoms with Crippen molar-refractivity contribution in [3.05, 3.63) is 53.5 Å². The summed E-state index contributed by atoms with van der Waals surface area (Å²) in [6.45, 7) is 0. The Hall–Kier alpha value is -2.62. The zero-order chi connectivity index (χ0) is 14.8. The summed E-state index contributed by atoms with van der Waals surface area (Å²) in [5, 5.41) is 11.2. The number of hydrogen-bond donors (Lipinski definition) is 1. The maximum atomic E-state index is 12.9. The third-order valence-corrected chi connectivity index (χ3v) is 2.43. The standard InChI is InChI=1S/C13H7F4N3/c14-11-2-1-3-12(20-11)19-9-5-4-8(7-18)10(6-9)13(15,16)17/h1-6H,(H,19,20). The van der Waals surface area contributed by atoms with Gasteiger partial charge in [-0.15, -0.1) is 0 Å². The summed E-state index contributed by atoms with van der Waals surface area (Å²) in [5.74, 6) is -0.678. The Bertz CT molecular complexity index is 674. The summed E-state index contributed by atoms with van der Waals surface area (Å²) in [6, 6.07) is 8.50. The van der Waals surface area contributed by atoms with Gasteiger partial charge in [0.2, 0.25) is 5.95 Å². The van der Waals surface area contributed by atoms with E-state index in [-0.39, 0.29) is 11.5 Å². The highest BCUT2D eigenvalue weighted by atomic mass is 19.4. The minimum Gasteiger partial charge on any atom is -0.340 e. The highest BCUT2D eigenvalue weighted by molar-refractivity contribution is 5.60. The Morgan fingerprint density at radius 2 is 1.90 bits per heavy atom. The van der Waals surface area contributed by atoms with Crippen LogP contribution in [0.4, 0.5) is 29.1 Å². The molecule has 0 bridgehead atoms. The SMILES string of the molecule is N#Cc1ccc(Nc2cccc(F)n2)cc1C(F)(F)F. The molecule has 7 heteroatoms. The molecule has 0 aliphatic heterocycles. The first-order valence-electron chi connectivity index (χ1n) is 5.41. The van der Waals surface area contributed by atoms with E-state index < -0.39 is 23.3 Å². The summed E-state index contributed by atoms with van der Waals surface area (Å²) in [5.41, 5.74) is -1.47. The zero-order valence-corrected chi connectivity index (χ0v) is 9.87. The van der Waals surface area contributed by atoms with Gasteiger partial charge in [0.05, 0.1) is 17.2 Å². The highest BCUT2D eigenvalue weighted by Crippen LogP contribution is 2.34. The maximum absolute atomic E-state index is 12.9. The molecule has 2 rings (SSSR count). The number of halogens is 4. The highest BCUT2D eigenvalue weighted by Gasteiger charge is 2.33. The van der Waals surface area contributed by atoms with E-state index in [0.29, 0.717) is 0 Å². The van der Waals surface area contributed by atoms with Crippen molar-refractivity contribution < 1.29 is 17.6 Å². The van der Waals surface area contributed by atoms with Gasteiger partial charge in [0, 0.05) is 5.69 Å². The summed E-state index contributed by atoms with van der Waals surface area (Å²) in [7, 11) is 0. The third-order valence-electron chi connectivity index (χ3n) is 2.43. The smallest absolute Gasteiger partial charge is 0.340 e. The molecular formula is C13H7F4N3. The first-order valence-corrected chi connectivity index (χ1v) is 5.41. The van der Waals surface area contributed by atoms with Crippen molar-refractivity contribution in [3.8, 4) is 6.07 Å². The van der Waals surface area contributed by atoms with E-state index in [0.717, 1.165) is 18.2 Å². The Balaban J connectivity index is 2.37. The van der Waals surface area contributed by atoms with Gasteiger partial charge in [0.25, 0.3) is 0 Å². The van der Waals surface area contributed by atoms with Crippen molar-refractivity contribution in [2.75, 3.05) is 5.32 Å². The number of pyridine rings is 1. The van der Waals surface area contributed by atoms with Crippen molar-refractivity contribution >= 4 is 11.5 Å². The molecular weight excluding hydrogens is 274 g/mol. The summed E-state index contributed by atoms with van der Waals surface area (Å²) < 4.78 is 51.2. The normalized spacial score (nSPS) is 10.9. The number of anilines is 2. The van der Waals surface area contributed by atoms with Gasteiger partial charge >= 0.3 is 6.18 Å². The lowest BCUT2D eigenvalue weighted by Gasteiger charge is -2.11. The van der Waals surface area contributed by atoms with Crippen LogP contribution in [0.15, 0.2) is 36.4 Å². The van der Waals surface area contributed by atoms with Gasteiger partial charge < -0.3 is 5.32 Å². The van der Waals surface area contributed by atoms with Crippen molar-refractivity contribution in [3.63, 3.8) is 0 Å². The van der Waals surface area contributed by atoms with Crippen LogP contribution in [-0.4, -0.2) is 4.98 Å². The molecule has 1 aromatic carbocycles. The molecule has 0 spiro atoms. The molecule has 0 radical (unpaired) electrons. The van der Waals surface area contributed by atoms with Crippen LogP contribution in [-0.2, 0) is 6.18 Å². The zero-order valence-electron chi connectivity index (χ0n) is 9.87. The van der Waals surface area contributed by atoms with E-state index in [1.165, 1.54) is 24.3 Å². The Labute approximate surface area is 111 Å². The molecule has 102 valence electrons. The fraction of sp³-hybridized carbons (Fsp3) is 0.0769. The molecule has 0 amide bonds. The molecule has 0 fully saturated rings. The van der Waals surface area contributed by atoms with Gasteiger partial charge in [0.15, 0.2) is 0 Å². The Kier molecular flexibility index (Phi) is 3.57. The van der Waals surface area contributed by atoms with E-state index in [1.807, 2.05) is 0 Å². The number of alkyl halides is 3. The van der Waals surface area contributed by atoms with E-state index in [1.54, 1.807) is 0 Å². The molecule has 0 saturated carbocycles. The number of aromatic nitrogens is 1. The van der Waals surface area contributed by atoms with Crippen LogP contribution in [0.25, 0.3) is 0 Å². The van der Waals surface area contributed by atoms with Crippen LogP contribution in [0.3, 0.4) is 0 Å². The minimum atomic E-state index is -4.64. The van der Waals surface area contributed by atoms with Crippen LogP contribution >= 0.6 is 0 Å². The van der Waals surface area contributed by atoms with E-state index >= 15 is 0 Å². The second kappa shape index (κ2) is 5.17. The van der Waals surface area contributed by atoms with Crippen LogP contribution in [0.2, 0.25) is 0 Å². The third kappa shape index (κ3) is 3.03. The number of nitrogens with zero attached hydrogens (tertiary/aromatic N) is 2. The van der Waals surface area contributed by atoms with Crippen molar-refractivity contribution in [1.29, 1.82) is 5.26 Å². The van der Waals surface area contributed by atoms with Crippen LogP contribution in [0.1, 0.15) is 11.1 Å². The fourth-order valence-electron chi connectivity index (χ4n) is 1.58. The predicted molar refractivity (Wildman–Crippen MR) is 63.6 cm³/mol. The molecule has 0 unspecified atom stereocenters. The van der Waals surface area contributed by atoms with E-state index in [4.69, 9.17) is 5.26 Å². The largest absolute Gasteiger partial charge is 0.417 e. The lowest BCUT2D eigenvalue weighted by molar-refractivity contribution is -0.137. The quantitative estimate of drug-likeness (QED) is 0.671. The second-order valence-electron chi connectivity index (χ2n) is 3.84. The van der Waals surface area contributed by atoms with Gasteiger partial charge in [-0.1, -0.05) is 6.07 Å². The average molecular weight is 281 g/mol. The number of benzene rings is 1. The number of hydrogen-bond acceptors (Lipinski definition) is 3. The molecule has 0 aliphatic rings. The fourth-order valence-corrected chi connectivity index (χ4v) is 1.58. The summed E-state index contributed by atoms with van der Waals surface area (Å²) in [6.07, 6.45) is -4.64. The van der Waals surface area contributed by atoms with Crippen LogP contribution in [0, 0.1) is 17.3 Å². The monoisotopic (exact) mass is 281 g/mol. The molecule has 2 aromatic rings. The lowest BCUT2D eigenvalue weighted by atomic mass is 10.1. The van der Waals surface area contributed by atoms with Gasteiger partial charge in [-0.05, 0) is 30.3 Å². The van der Waals surface area contributed by atoms with Gasteiger partial charge in [0.1, 0.15) is 5.82 Å². The molecule has 0 saturated heterocycles. The average Bonchev–Trinajstić information content (AvgIpc) is 2.37. The Morgan fingerprint density at radius 3 is 2.50 bits per heavy atom. The van der Waals surface area contributed by atoms with Crippen molar-refractivity contribution in [2.24, 2.45) is 0 Å². The predicted octanol–water partition coefficient (Wildman–Crippen LogP) is 3.85. The lowest BCUT2D eigenvalue weighted by Crippen LogP contribution is -2.08. The van der Waals surface area contributed by atoms with Crippen molar-refractivity contribution in [2.45, 2.75) is 6.18 Å². The van der Waals surface area contributed by atoms with E-state index in [9.17, 15) is 17.6 Å². The minimum absolute atomic E-state index is 0.0643. The second-order valence-corrected chi connectivity index (χ2v) is 3.84. The van der Waals surface area contributed by atoms with Crippen molar-refractivity contribution in [1.82, 2.24) is 4.98 Å². The molecule has 0 atom stereocenters. The molecule has 3 nitrogen and oxygen atoms in total. The van der Waals surface area contributed by atoms with Crippen LogP contribution in [0.5, 0.6) is 0 Å². The first-order chi connectivity index (χ1) is 9.40. The Morgan fingerprint density at radius 1 is 1.15 bits per heavy atom. The topological polar surface area (TPSA) is 48.7 Å². The molecule has 1 N–H and O–H groups in total. The number of nitriles is 1. The summed E-state index contributed by atoms with van der Waals surface area (Å²) >= 11 is 0. The number of rotatable bonds is 2. The number of nitrogens with one attached hydrogen (secondary N) is 1. The first kappa shape index (κ1) is 13.8. The molecule has 1 aromatic heterocycles. The van der Waals surface area contributed by atoms with Gasteiger partial charge in [-0.3, -0.25) is 0 Å².